The second kappa shape index (κ2) is 5.20. The summed E-state index contributed by atoms with van der Waals surface area (Å²) in [5, 5.41) is 6.45. The lowest BCUT2D eigenvalue weighted by molar-refractivity contribution is 0.602. The van der Waals surface area contributed by atoms with Crippen LogP contribution in [0.5, 0.6) is 0 Å². The Kier molecular flexibility index (Phi) is 3.54. The molecule has 2 heterocycles. The molecule has 0 spiro atoms. The maximum atomic E-state index is 11.5. The Morgan fingerprint density at radius 1 is 1.25 bits per heavy atom. The van der Waals surface area contributed by atoms with Gasteiger partial charge >= 0.3 is 0 Å². The van der Waals surface area contributed by atoms with E-state index in [9.17, 15) is 8.42 Å². The summed E-state index contributed by atoms with van der Waals surface area (Å²) < 4.78 is 23.0. The molecule has 0 aromatic carbocycles. The summed E-state index contributed by atoms with van der Waals surface area (Å²) in [6.45, 7) is 2.83. The van der Waals surface area contributed by atoms with E-state index >= 15 is 0 Å². The number of aromatic nitrogens is 2. The molecule has 1 saturated heterocycles. The zero-order valence-corrected chi connectivity index (χ0v) is 12.4. The first-order valence-corrected chi connectivity index (χ1v) is 8.97. The van der Waals surface area contributed by atoms with Gasteiger partial charge in [-0.2, -0.15) is 0 Å². The molecule has 1 aromatic rings. The van der Waals surface area contributed by atoms with E-state index in [0.29, 0.717) is 12.3 Å². The number of hydrogen-bond acceptors (Lipinski definition) is 6. The zero-order chi connectivity index (χ0) is 14.2. The normalized spacial score (nSPS) is 24.6. The predicted molar refractivity (Wildman–Crippen MR) is 78.9 cm³/mol. The largest absolute Gasteiger partial charge is 0.370 e. The van der Waals surface area contributed by atoms with Crippen molar-refractivity contribution in [3.63, 3.8) is 0 Å². The average Bonchev–Trinajstić information content (AvgIpc) is 3.16. The molecule has 20 heavy (non-hydrogen) atoms. The summed E-state index contributed by atoms with van der Waals surface area (Å²) in [6.07, 6.45) is 2.95. The molecule has 110 valence electrons. The van der Waals surface area contributed by atoms with Crippen LogP contribution < -0.4 is 10.6 Å². The van der Waals surface area contributed by atoms with Crippen LogP contribution in [0.3, 0.4) is 0 Å². The number of sulfone groups is 1. The molecule has 1 unspecified atom stereocenters. The molecule has 2 aliphatic rings. The third kappa shape index (κ3) is 3.20. The van der Waals surface area contributed by atoms with Gasteiger partial charge in [-0.15, -0.1) is 0 Å². The lowest BCUT2D eigenvalue weighted by atomic mass is 10.2. The Balaban J connectivity index is 1.77. The lowest BCUT2D eigenvalue weighted by Gasteiger charge is -2.14. The van der Waals surface area contributed by atoms with Gasteiger partial charge in [0.05, 0.1) is 11.5 Å². The van der Waals surface area contributed by atoms with Crippen LogP contribution in [0.15, 0.2) is 6.07 Å². The van der Waals surface area contributed by atoms with Crippen molar-refractivity contribution in [3.05, 3.63) is 11.9 Å². The molecule has 2 N–H and O–H groups in total. The zero-order valence-electron chi connectivity index (χ0n) is 11.6. The highest BCUT2D eigenvalue weighted by atomic mass is 32.2. The second-order valence-electron chi connectivity index (χ2n) is 5.55. The first kappa shape index (κ1) is 13.6. The van der Waals surface area contributed by atoms with Crippen molar-refractivity contribution in [1.82, 2.24) is 9.97 Å². The fourth-order valence-corrected chi connectivity index (χ4v) is 4.13. The first-order valence-electron chi connectivity index (χ1n) is 7.15. The number of hydrogen-bond donors (Lipinski definition) is 2. The molecule has 0 bridgehead atoms. The standard InChI is InChI=1S/C13H20N4O2S/c1-2-14-11-7-12(17-13(16-11)9-3-4-9)15-10-5-6-20(18,19)8-10/h7,9-10H,2-6,8H2,1H3,(H2,14,15,16,17). The topological polar surface area (TPSA) is 84.0 Å². The van der Waals surface area contributed by atoms with E-state index in [2.05, 4.69) is 20.6 Å². The SMILES string of the molecule is CCNc1cc(NC2CCS(=O)(=O)C2)nc(C2CC2)n1. The molecule has 0 amide bonds. The van der Waals surface area contributed by atoms with Crippen molar-refractivity contribution in [2.75, 3.05) is 28.7 Å². The van der Waals surface area contributed by atoms with Gasteiger partial charge in [0.25, 0.3) is 0 Å². The Morgan fingerprint density at radius 3 is 2.60 bits per heavy atom. The molecule has 7 heteroatoms. The van der Waals surface area contributed by atoms with Crippen LogP contribution in [0.4, 0.5) is 11.6 Å². The molecule has 0 radical (unpaired) electrons. The minimum Gasteiger partial charge on any atom is -0.370 e. The van der Waals surface area contributed by atoms with E-state index < -0.39 is 9.84 Å². The third-order valence-electron chi connectivity index (χ3n) is 3.63. The summed E-state index contributed by atoms with van der Waals surface area (Å²) in [4.78, 5) is 9.04. The van der Waals surface area contributed by atoms with Crippen LogP contribution in [0, 0.1) is 0 Å². The molecule has 2 fully saturated rings. The van der Waals surface area contributed by atoms with Gasteiger partial charge in [0.15, 0.2) is 9.84 Å². The number of nitrogens with zero attached hydrogens (tertiary/aromatic N) is 2. The number of nitrogens with one attached hydrogen (secondary N) is 2. The number of rotatable bonds is 5. The van der Waals surface area contributed by atoms with Gasteiger partial charge < -0.3 is 10.6 Å². The average molecular weight is 296 g/mol. The Morgan fingerprint density at radius 2 is 2.00 bits per heavy atom. The van der Waals surface area contributed by atoms with Gasteiger partial charge in [0, 0.05) is 24.6 Å². The fourth-order valence-electron chi connectivity index (χ4n) is 2.45. The van der Waals surface area contributed by atoms with Crippen LogP contribution in [-0.4, -0.2) is 42.5 Å². The number of anilines is 2. The lowest BCUT2D eigenvalue weighted by Crippen LogP contribution is -2.21. The third-order valence-corrected chi connectivity index (χ3v) is 5.40. The summed E-state index contributed by atoms with van der Waals surface area (Å²) >= 11 is 0. The predicted octanol–water partition coefficient (Wildman–Crippen LogP) is 1.38. The van der Waals surface area contributed by atoms with Crippen molar-refractivity contribution < 1.29 is 8.42 Å². The molecule has 1 saturated carbocycles. The first-order chi connectivity index (χ1) is 9.55. The van der Waals surface area contributed by atoms with Crippen LogP contribution >= 0.6 is 0 Å². The molecule has 1 atom stereocenters. The van der Waals surface area contributed by atoms with E-state index in [1.807, 2.05) is 13.0 Å². The van der Waals surface area contributed by atoms with Crippen LogP contribution in [0.2, 0.25) is 0 Å². The van der Waals surface area contributed by atoms with E-state index in [0.717, 1.165) is 36.8 Å². The molecule has 1 aliphatic heterocycles. The molecule has 6 nitrogen and oxygen atoms in total. The molecule has 1 aliphatic carbocycles. The van der Waals surface area contributed by atoms with Crippen molar-refractivity contribution in [1.29, 1.82) is 0 Å². The highest BCUT2D eigenvalue weighted by Gasteiger charge is 2.30. The van der Waals surface area contributed by atoms with Gasteiger partial charge in [-0.3, -0.25) is 0 Å². The summed E-state index contributed by atoms with van der Waals surface area (Å²) in [7, 11) is -2.87. The van der Waals surface area contributed by atoms with Crippen LogP contribution in [-0.2, 0) is 9.84 Å². The highest BCUT2D eigenvalue weighted by molar-refractivity contribution is 7.91. The van der Waals surface area contributed by atoms with E-state index in [1.165, 1.54) is 0 Å². The van der Waals surface area contributed by atoms with Gasteiger partial charge in [-0.25, -0.2) is 18.4 Å². The monoisotopic (exact) mass is 296 g/mol. The summed E-state index contributed by atoms with van der Waals surface area (Å²) in [5.41, 5.74) is 0. The fraction of sp³-hybridized carbons (Fsp3) is 0.692. The van der Waals surface area contributed by atoms with Crippen LogP contribution in [0.25, 0.3) is 0 Å². The minimum atomic E-state index is -2.87. The molecule has 1 aromatic heterocycles. The second-order valence-corrected chi connectivity index (χ2v) is 7.77. The molecule has 3 rings (SSSR count). The minimum absolute atomic E-state index is 0.0311. The van der Waals surface area contributed by atoms with Crippen molar-refractivity contribution in [2.45, 2.75) is 38.1 Å². The van der Waals surface area contributed by atoms with E-state index in [-0.39, 0.29) is 17.5 Å². The van der Waals surface area contributed by atoms with Gasteiger partial charge in [-0.1, -0.05) is 0 Å². The van der Waals surface area contributed by atoms with E-state index in [4.69, 9.17) is 0 Å². The molecular formula is C13H20N4O2S. The Bertz CT molecular complexity index is 598. The quantitative estimate of drug-likeness (QED) is 0.854. The van der Waals surface area contributed by atoms with Crippen LogP contribution in [0.1, 0.15) is 37.9 Å². The Hall–Kier alpha value is -1.37. The molecular weight excluding hydrogens is 276 g/mol. The summed E-state index contributed by atoms with van der Waals surface area (Å²) in [6, 6.07) is 1.83. The van der Waals surface area contributed by atoms with Gasteiger partial charge in [-0.05, 0) is 26.2 Å². The van der Waals surface area contributed by atoms with Gasteiger partial charge in [0.2, 0.25) is 0 Å². The Labute approximate surface area is 119 Å². The maximum absolute atomic E-state index is 11.5. The maximum Gasteiger partial charge on any atom is 0.152 e. The highest BCUT2D eigenvalue weighted by Crippen LogP contribution is 2.39. The van der Waals surface area contributed by atoms with Crippen molar-refractivity contribution in [2.24, 2.45) is 0 Å². The van der Waals surface area contributed by atoms with E-state index in [1.54, 1.807) is 0 Å². The van der Waals surface area contributed by atoms with Crippen molar-refractivity contribution in [3.8, 4) is 0 Å². The summed E-state index contributed by atoms with van der Waals surface area (Å²) in [5.74, 6) is 3.36. The van der Waals surface area contributed by atoms with Crippen molar-refractivity contribution >= 4 is 21.5 Å². The van der Waals surface area contributed by atoms with Gasteiger partial charge in [0.1, 0.15) is 17.5 Å². The smallest absolute Gasteiger partial charge is 0.152 e.